The SMILES string of the molecule is COCCNC(=O)C(C)N(Cc1ccc(Cl)cc1)C(=O)Cc1ccccc1. The lowest BCUT2D eigenvalue weighted by Crippen LogP contribution is -2.48. The maximum Gasteiger partial charge on any atom is 0.242 e. The van der Waals surface area contributed by atoms with Crippen molar-refractivity contribution in [1.82, 2.24) is 10.2 Å². The zero-order valence-electron chi connectivity index (χ0n) is 15.7. The van der Waals surface area contributed by atoms with Gasteiger partial charge in [-0.15, -0.1) is 0 Å². The second-order valence-corrected chi connectivity index (χ2v) is 6.71. The summed E-state index contributed by atoms with van der Waals surface area (Å²) in [6.07, 6.45) is 0.240. The summed E-state index contributed by atoms with van der Waals surface area (Å²) in [7, 11) is 1.58. The summed E-state index contributed by atoms with van der Waals surface area (Å²) in [6.45, 7) is 2.90. The molecule has 1 atom stereocenters. The molecule has 1 unspecified atom stereocenters. The number of halogens is 1. The van der Waals surface area contributed by atoms with Gasteiger partial charge in [0, 0.05) is 25.2 Å². The van der Waals surface area contributed by atoms with Crippen molar-refractivity contribution in [2.75, 3.05) is 20.3 Å². The largest absolute Gasteiger partial charge is 0.383 e. The Hall–Kier alpha value is -2.37. The average molecular weight is 389 g/mol. The Balaban J connectivity index is 2.14. The Labute approximate surface area is 165 Å². The monoisotopic (exact) mass is 388 g/mol. The van der Waals surface area contributed by atoms with E-state index < -0.39 is 6.04 Å². The van der Waals surface area contributed by atoms with Crippen LogP contribution >= 0.6 is 11.6 Å². The van der Waals surface area contributed by atoms with E-state index in [1.807, 2.05) is 42.5 Å². The van der Waals surface area contributed by atoms with Crippen LogP contribution in [-0.4, -0.2) is 43.0 Å². The van der Waals surface area contributed by atoms with Crippen molar-refractivity contribution < 1.29 is 14.3 Å². The molecule has 0 radical (unpaired) electrons. The van der Waals surface area contributed by atoms with Crippen molar-refractivity contribution in [3.8, 4) is 0 Å². The molecule has 2 amide bonds. The quantitative estimate of drug-likeness (QED) is 0.671. The number of nitrogens with zero attached hydrogens (tertiary/aromatic N) is 1. The van der Waals surface area contributed by atoms with Crippen LogP contribution in [0.5, 0.6) is 0 Å². The van der Waals surface area contributed by atoms with Crippen molar-refractivity contribution in [3.05, 3.63) is 70.7 Å². The lowest BCUT2D eigenvalue weighted by Gasteiger charge is -2.29. The van der Waals surface area contributed by atoms with E-state index in [9.17, 15) is 9.59 Å². The Kier molecular flexibility index (Phi) is 8.30. The molecule has 0 bridgehead atoms. The Morgan fingerprint density at radius 1 is 1.07 bits per heavy atom. The van der Waals surface area contributed by atoms with Crippen molar-refractivity contribution in [1.29, 1.82) is 0 Å². The molecular weight excluding hydrogens is 364 g/mol. The highest BCUT2D eigenvalue weighted by molar-refractivity contribution is 6.30. The van der Waals surface area contributed by atoms with Gasteiger partial charge in [-0.2, -0.15) is 0 Å². The summed E-state index contributed by atoms with van der Waals surface area (Å²) in [5.74, 6) is -0.312. The maximum absolute atomic E-state index is 13.0. The molecule has 0 aliphatic rings. The first-order valence-corrected chi connectivity index (χ1v) is 9.23. The Bertz CT molecular complexity index is 735. The maximum atomic E-state index is 13.0. The molecule has 2 aromatic carbocycles. The van der Waals surface area contributed by atoms with Gasteiger partial charge in [0.05, 0.1) is 13.0 Å². The molecule has 2 aromatic rings. The first kappa shape index (κ1) is 20.9. The fraction of sp³-hybridized carbons (Fsp3) is 0.333. The molecular formula is C21H25ClN2O3. The van der Waals surface area contributed by atoms with Crippen LogP contribution in [0, 0.1) is 0 Å². The van der Waals surface area contributed by atoms with E-state index in [2.05, 4.69) is 5.32 Å². The molecule has 144 valence electrons. The number of rotatable bonds is 9. The van der Waals surface area contributed by atoms with Gasteiger partial charge >= 0.3 is 0 Å². The van der Waals surface area contributed by atoms with E-state index >= 15 is 0 Å². The molecule has 0 saturated heterocycles. The highest BCUT2D eigenvalue weighted by Crippen LogP contribution is 2.15. The van der Waals surface area contributed by atoms with E-state index in [4.69, 9.17) is 16.3 Å². The van der Waals surface area contributed by atoms with E-state index in [0.29, 0.717) is 24.7 Å². The van der Waals surface area contributed by atoms with Gasteiger partial charge in [-0.05, 0) is 30.2 Å². The van der Waals surface area contributed by atoms with Crippen LogP contribution in [0.4, 0.5) is 0 Å². The smallest absolute Gasteiger partial charge is 0.242 e. The second-order valence-electron chi connectivity index (χ2n) is 6.27. The summed E-state index contributed by atoms with van der Waals surface area (Å²) in [4.78, 5) is 27.0. The number of amides is 2. The molecule has 5 nitrogen and oxygen atoms in total. The Morgan fingerprint density at radius 2 is 1.74 bits per heavy atom. The molecule has 27 heavy (non-hydrogen) atoms. The highest BCUT2D eigenvalue weighted by atomic mass is 35.5. The summed E-state index contributed by atoms with van der Waals surface area (Å²) >= 11 is 5.95. The van der Waals surface area contributed by atoms with Gasteiger partial charge in [-0.25, -0.2) is 0 Å². The molecule has 0 aromatic heterocycles. The van der Waals surface area contributed by atoms with E-state index in [-0.39, 0.29) is 18.2 Å². The third kappa shape index (κ3) is 6.70. The summed E-state index contributed by atoms with van der Waals surface area (Å²) in [5.41, 5.74) is 1.83. The molecule has 2 rings (SSSR count). The number of ether oxygens (including phenoxy) is 1. The number of methoxy groups -OCH3 is 1. The van der Waals surface area contributed by atoms with Gasteiger partial charge in [0.15, 0.2) is 0 Å². The van der Waals surface area contributed by atoms with Crippen LogP contribution in [0.3, 0.4) is 0 Å². The third-order valence-corrected chi connectivity index (χ3v) is 4.49. The molecule has 0 aliphatic carbocycles. The van der Waals surface area contributed by atoms with Crippen molar-refractivity contribution >= 4 is 23.4 Å². The zero-order valence-corrected chi connectivity index (χ0v) is 16.4. The van der Waals surface area contributed by atoms with E-state index in [1.165, 1.54) is 0 Å². The van der Waals surface area contributed by atoms with Crippen LogP contribution < -0.4 is 5.32 Å². The van der Waals surface area contributed by atoms with Crippen molar-refractivity contribution in [2.45, 2.75) is 25.9 Å². The van der Waals surface area contributed by atoms with Crippen LogP contribution in [0.1, 0.15) is 18.1 Å². The number of hydrogen-bond donors (Lipinski definition) is 1. The first-order chi connectivity index (χ1) is 13.0. The van der Waals surface area contributed by atoms with Crippen LogP contribution in [0.25, 0.3) is 0 Å². The highest BCUT2D eigenvalue weighted by Gasteiger charge is 2.26. The molecule has 1 N–H and O–H groups in total. The normalized spacial score (nSPS) is 11.7. The second kappa shape index (κ2) is 10.7. The minimum atomic E-state index is -0.603. The van der Waals surface area contributed by atoms with Gasteiger partial charge in [0.25, 0.3) is 0 Å². The molecule has 0 fully saturated rings. The molecule has 6 heteroatoms. The zero-order chi connectivity index (χ0) is 19.6. The van der Waals surface area contributed by atoms with E-state index in [0.717, 1.165) is 11.1 Å². The fourth-order valence-corrected chi connectivity index (χ4v) is 2.79. The average Bonchev–Trinajstić information content (AvgIpc) is 2.67. The number of carbonyl (C=O) groups is 2. The first-order valence-electron chi connectivity index (χ1n) is 8.85. The number of nitrogens with one attached hydrogen (secondary N) is 1. The van der Waals surface area contributed by atoms with Crippen LogP contribution in [0.2, 0.25) is 5.02 Å². The van der Waals surface area contributed by atoms with Crippen LogP contribution in [0.15, 0.2) is 54.6 Å². The van der Waals surface area contributed by atoms with Gasteiger partial charge in [-0.3, -0.25) is 9.59 Å². The minimum absolute atomic E-state index is 0.106. The fourth-order valence-electron chi connectivity index (χ4n) is 2.67. The number of carbonyl (C=O) groups excluding carboxylic acids is 2. The number of benzene rings is 2. The van der Waals surface area contributed by atoms with E-state index in [1.54, 1.807) is 31.1 Å². The molecule has 0 saturated carbocycles. The topological polar surface area (TPSA) is 58.6 Å². The van der Waals surface area contributed by atoms with Crippen LogP contribution in [-0.2, 0) is 27.3 Å². The van der Waals surface area contributed by atoms with Gasteiger partial charge < -0.3 is 15.0 Å². The Morgan fingerprint density at radius 3 is 2.37 bits per heavy atom. The minimum Gasteiger partial charge on any atom is -0.383 e. The van der Waals surface area contributed by atoms with Crippen molar-refractivity contribution in [2.24, 2.45) is 0 Å². The molecule has 0 aliphatic heterocycles. The van der Waals surface area contributed by atoms with Gasteiger partial charge in [0.2, 0.25) is 11.8 Å². The van der Waals surface area contributed by atoms with Crippen molar-refractivity contribution in [3.63, 3.8) is 0 Å². The molecule has 0 spiro atoms. The standard InChI is InChI=1S/C21H25ClN2O3/c1-16(21(26)23-12-13-27-2)24(15-18-8-10-19(22)11-9-18)20(25)14-17-6-4-3-5-7-17/h3-11,16H,12-15H2,1-2H3,(H,23,26). The predicted octanol–water partition coefficient (Wildman–Crippen LogP) is 3.06. The summed E-state index contributed by atoms with van der Waals surface area (Å²) in [5, 5.41) is 3.43. The predicted molar refractivity (Wildman–Crippen MR) is 106 cm³/mol. The molecule has 0 heterocycles. The summed E-state index contributed by atoms with van der Waals surface area (Å²) in [6, 6.07) is 16.2. The third-order valence-electron chi connectivity index (χ3n) is 4.24. The summed E-state index contributed by atoms with van der Waals surface area (Å²) < 4.78 is 4.96. The lowest BCUT2D eigenvalue weighted by molar-refractivity contribution is -0.140. The lowest BCUT2D eigenvalue weighted by atomic mass is 10.1. The van der Waals surface area contributed by atoms with Gasteiger partial charge in [-0.1, -0.05) is 54.1 Å². The number of hydrogen-bond acceptors (Lipinski definition) is 3. The van der Waals surface area contributed by atoms with Gasteiger partial charge in [0.1, 0.15) is 6.04 Å².